The Morgan fingerprint density at radius 1 is 1.06 bits per heavy atom. The highest BCUT2D eigenvalue weighted by Gasteiger charge is 2.54. The van der Waals surface area contributed by atoms with E-state index in [9.17, 15) is 31.6 Å². The van der Waals surface area contributed by atoms with E-state index in [1.165, 1.54) is 6.07 Å². The lowest BCUT2D eigenvalue weighted by atomic mass is 9.83. The van der Waals surface area contributed by atoms with Crippen molar-refractivity contribution >= 4 is 73.2 Å². The van der Waals surface area contributed by atoms with Crippen LogP contribution in [0.4, 0.5) is 8.78 Å². The second-order valence-corrected chi connectivity index (χ2v) is 13.4. The molecule has 2 aliphatic rings. The summed E-state index contributed by atoms with van der Waals surface area (Å²) < 4.78 is 73.6. The van der Waals surface area contributed by atoms with Crippen LogP contribution in [0.5, 0.6) is 5.75 Å². The molecule has 14 heteroatoms. The summed E-state index contributed by atoms with van der Waals surface area (Å²) >= 11 is 3.62. The standard InChI is InChI=1S/C22H22F2I2O9S/c1-21(2,3)35-20(29)16-11-5-4-10(6-11)15(16)19(28)34-17-13(7-12(25)8-14(17)26)18(27)33-9-22(23,24)36(30,31)32/h4-5,7-8,10-11,15-16H,6,9H2,1-3H3,(H,30,31,32). The number of allylic oxidation sites excluding steroid dienone is 2. The van der Waals surface area contributed by atoms with Crippen LogP contribution in [0.25, 0.3) is 0 Å². The van der Waals surface area contributed by atoms with Crippen molar-refractivity contribution in [1.82, 2.24) is 0 Å². The van der Waals surface area contributed by atoms with Crippen molar-refractivity contribution in [3.05, 3.63) is 37.0 Å². The van der Waals surface area contributed by atoms with E-state index in [1.54, 1.807) is 49.4 Å². The number of hydrogen-bond donors (Lipinski definition) is 1. The zero-order valence-corrected chi connectivity index (χ0v) is 24.3. The Balaban J connectivity index is 1.87. The number of rotatable bonds is 7. The lowest BCUT2D eigenvalue weighted by molar-refractivity contribution is -0.166. The molecule has 4 unspecified atom stereocenters. The van der Waals surface area contributed by atoms with Gasteiger partial charge in [-0.2, -0.15) is 17.2 Å². The van der Waals surface area contributed by atoms with Crippen LogP contribution in [0.15, 0.2) is 24.3 Å². The van der Waals surface area contributed by atoms with Crippen LogP contribution in [0, 0.1) is 30.8 Å². The molecule has 198 valence electrons. The van der Waals surface area contributed by atoms with E-state index >= 15 is 0 Å². The molecule has 2 aliphatic carbocycles. The fourth-order valence-corrected chi connectivity index (χ4v) is 6.28. The van der Waals surface area contributed by atoms with E-state index in [-0.39, 0.29) is 21.2 Å². The summed E-state index contributed by atoms with van der Waals surface area (Å²) in [5.74, 6) is -5.22. The number of esters is 3. The molecule has 1 aromatic rings. The monoisotopic (exact) mass is 754 g/mol. The topological polar surface area (TPSA) is 133 Å². The average molecular weight is 754 g/mol. The number of carbonyl (C=O) groups excluding carboxylic acids is 3. The van der Waals surface area contributed by atoms with Crippen LogP contribution >= 0.6 is 45.2 Å². The van der Waals surface area contributed by atoms with Crippen LogP contribution in [0.1, 0.15) is 37.6 Å². The number of benzene rings is 1. The van der Waals surface area contributed by atoms with Gasteiger partial charge in [0.25, 0.3) is 0 Å². The van der Waals surface area contributed by atoms with Crippen molar-refractivity contribution in [3.63, 3.8) is 0 Å². The largest absolute Gasteiger partial charge is 0.460 e. The quantitative estimate of drug-likeness (QED) is 0.143. The van der Waals surface area contributed by atoms with E-state index in [0.29, 0.717) is 9.99 Å². The predicted molar refractivity (Wildman–Crippen MR) is 138 cm³/mol. The number of ether oxygens (including phenoxy) is 3. The molecule has 9 nitrogen and oxygen atoms in total. The molecule has 3 rings (SSSR count). The normalized spacial score (nSPS) is 23.4. The number of fused-ring (bicyclic) bond motifs is 2. The smallest absolute Gasteiger partial charge is 0.402 e. The molecule has 1 saturated carbocycles. The first kappa shape index (κ1) is 29.2. The van der Waals surface area contributed by atoms with Crippen molar-refractivity contribution in [2.75, 3.05) is 6.61 Å². The maximum atomic E-state index is 13.5. The Morgan fingerprint density at radius 3 is 2.14 bits per heavy atom. The zero-order valence-electron chi connectivity index (χ0n) is 19.2. The molecule has 0 heterocycles. The Labute approximate surface area is 233 Å². The molecule has 1 aromatic carbocycles. The Kier molecular flexibility index (Phi) is 8.42. The molecule has 0 aromatic heterocycles. The lowest BCUT2D eigenvalue weighted by Gasteiger charge is -2.29. The van der Waals surface area contributed by atoms with Crippen molar-refractivity contribution < 1.29 is 50.3 Å². The van der Waals surface area contributed by atoms with E-state index in [2.05, 4.69) is 4.74 Å². The summed E-state index contributed by atoms with van der Waals surface area (Å²) in [6.45, 7) is 3.17. The van der Waals surface area contributed by atoms with Gasteiger partial charge in [-0.1, -0.05) is 12.2 Å². The second-order valence-electron chi connectivity index (χ2n) is 9.41. The van der Waals surface area contributed by atoms with Gasteiger partial charge in [0.05, 0.1) is 15.4 Å². The minimum atomic E-state index is -5.82. The van der Waals surface area contributed by atoms with E-state index in [1.807, 2.05) is 34.7 Å². The highest BCUT2D eigenvalue weighted by atomic mass is 127. The van der Waals surface area contributed by atoms with Crippen LogP contribution in [-0.2, 0) is 29.2 Å². The third-order valence-electron chi connectivity index (χ3n) is 5.59. The van der Waals surface area contributed by atoms with Gasteiger partial charge in [-0.05, 0) is 96.3 Å². The third kappa shape index (κ3) is 6.35. The van der Waals surface area contributed by atoms with Crippen LogP contribution in [0.2, 0.25) is 0 Å². The first-order chi connectivity index (χ1) is 16.4. The van der Waals surface area contributed by atoms with Gasteiger partial charge in [0, 0.05) is 3.57 Å². The van der Waals surface area contributed by atoms with E-state index < -0.39 is 62.9 Å². The van der Waals surface area contributed by atoms with Gasteiger partial charge < -0.3 is 14.2 Å². The summed E-state index contributed by atoms with van der Waals surface area (Å²) in [6.07, 6.45) is 4.23. The predicted octanol–water partition coefficient (Wildman–Crippen LogP) is 4.22. The van der Waals surface area contributed by atoms with Gasteiger partial charge in [-0.3, -0.25) is 14.1 Å². The third-order valence-corrected chi connectivity index (χ3v) is 7.89. The molecule has 2 bridgehead atoms. The molecule has 1 fully saturated rings. The van der Waals surface area contributed by atoms with Crippen LogP contribution in [-0.4, -0.2) is 48.3 Å². The number of carbonyl (C=O) groups is 3. The average Bonchev–Trinajstić information content (AvgIpc) is 3.33. The maximum Gasteiger partial charge on any atom is 0.402 e. The summed E-state index contributed by atoms with van der Waals surface area (Å²) in [4.78, 5) is 38.8. The van der Waals surface area contributed by atoms with Gasteiger partial charge in [-0.25, -0.2) is 4.79 Å². The van der Waals surface area contributed by atoms with E-state index in [4.69, 9.17) is 14.0 Å². The molecule has 1 N–H and O–H groups in total. The Hall–Kier alpha value is -1.40. The van der Waals surface area contributed by atoms with Gasteiger partial charge in [-0.15, -0.1) is 0 Å². The molecule has 0 saturated heterocycles. The minimum Gasteiger partial charge on any atom is -0.460 e. The summed E-state index contributed by atoms with van der Waals surface area (Å²) in [5.41, 5.74) is -1.18. The summed E-state index contributed by atoms with van der Waals surface area (Å²) in [6, 6.07) is 2.77. The van der Waals surface area contributed by atoms with Crippen LogP contribution in [0.3, 0.4) is 0 Å². The van der Waals surface area contributed by atoms with Gasteiger partial charge in [0.15, 0.2) is 12.4 Å². The van der Waals surface area contributed by atoms with Crippen molar-refractivity contribution in [2.24, 2.45) is 23.7 Å². The SMILES string of the molecule is CC(C)(C)OC(=O)C1C2C=CC(C2)C1C(=O)Oc1c(I)cc(I)cc1C(=O)OCC(F)(F)S(=O)(=O)O. The summed E-state index contributed by atoms with van der Waals surface area (Å²) in [7, 11) is -5.82. The molecule has 4 atom stereocenters. The number of alkyl halides is 2. The summed E-state index contributed by atoms with van der Waals surface area (Å²) in [5, 5.41) is -4.73. The zero-order chi connectivity index (χ0) is 27.2. The highest BCUT2D eigenvalue weighted by Crippen LogP contribution is 2.49. The number of hydrogen-bond acceptors (Lipinski definition) is 8. The first-order valence-corrected chi connectivity index (χ1v) is 14.1. The Bertz CT molecular complexity index is 1220. The molecule has 0 amide bonds. The maximum absolute atomic E-state index is 13.5. The molecular weight excluding hydrogens is 732 g/mol. The molecule has 0 spiro atoms. The fourth-order valence-electron chi connectivity index (χ4n) is 4.12. The molecule has 36 heavy (non-hydrogen) atoms. The fraction of sp³-hybridized carbons (Fsp3) is 0.500. The molecular formula is C22H22F2I2O9S. The lowest BCUT2D eigenvalue weighted by Crippen LogP contribution is -2.39. The Morgan fingerprint density at radius 2 is 1.61 bits per heavy atom. The van der Waals surface area contributed by atoms with Gasteiger partial charge in [0.2, 0.25) is 0 Å². The van der Waals surface area contributed by atoms with Gasteiger partial charge in [0.1, 0.15) is 11.2 Å². The van der Waals surface area contributed by atoms with Crippen LogP contribution < -0.4 is 4.74 Å². The minimum absolute atomic E-state index is 0.217. The van der Waals surface area contributed by atoms with Crippen molar-refractivity contribution in [2.45, 2.75) is 38.0 Å². The first-order valence-electron chi connectivity index (χ1n) is 10.5. The van der Waals surface area contributed by atoms with E-state index in [0.717, 1.165) is 0 Å². The van der Waals surface area contributed by atoms with Crippen molar-refractivity contribution in [3.8, 4) is 5.75 Å². The molecule has 0 aliphatic heterocycles. The molecule has 0 radical (unpaired) electrons. The number of halogens is 4. The van der Waals surface area contributed by atoms with Gasteiger partial charge >= 0.3 is 33.3 Å². The highest BCUT2D eigenvalue weighted by molar-refractivity contribution is 14.1. The second kappa shape index (κ2) is 10.4. The van der Waals surface area contributed by atoms with Crippen molar-refractivity contribution in [1.29, 1.82) is 0 Å².